The van der Waals surface area contributed by atoms with Gasteiger partial charge in [0.1, 0.15) is 5.75 Å². The zero-order valence-electron chi connectivity index (χ0n) is 14.4. The summed E-state index contributed by atoms with van der Waals surface area (Å²) >= 11 is 12.3. The highest BCUT2D eigenvalue weighted by Crippen LogP contribution is 2.33. The zero-order chi connectivity index (χ0) is 18.8. The first kappa shape index (κ1) is 18.5. The Bertz CT molecular complexity index is 883. The first-order valence-corrected chi connectivity index (χ1v) is 8.91. The van der Waals surface area contributed by atoms with E-state index in [0.29, 0.717) is 45.7 Å². The van der Waals surface area contributed by atoms with Crippen LogP contribution in [0.3, 0.4) is 0 Å². The average molecular weight is 393 g/mol. The third-order valence-electron chi connectivity index (χ3n) is 4.30. The number of carbonyl (C=O) groups is 2. The fourth-order valence-electron chi connectivity index (χ4n) is 2.89. The van der Waals surface area contributed by atoms with Gasteiger partial charge in [0.25, 0.3) is 5.91 Å². The van der Waals surface area contributed by atoms with Crippen molar-refractivity contribution < 1.29 is 14.3 Å². The molecule has 3 rings (SSSR count). The molecule has 7 heteroatoms. The Balaban J connectivity index is 1.89. The summed E-state index contributed by atoms with van der Waals surface area (Å²) in [5.74, 6) is 0.159. The fourth-order valence-corrected chi connectivity index (χ4v) is 3.26. The van der Waals surface area contributed by atoms with Crippen LogP contribution in [0.2, 0.25) is 10.0 Å². The molecule has 0 bridgehead atoms. The van der Waals surface area contributed by atoms with Gasteiger partial charge in [0.05, 0.1) is 23.5 Å². The Hall–Kier alpha value is -2.24. The van der Waals surface area contributed by atoms with Crippen LogP contribution in [0, 0.1) is 6.92 Å². The topological polar surface area (TPSA) is 58.6 Å². The standard InChI is InChI=1S/C19H18Cl2N2O3/c1-11-8-15(17(26-2)10-14(11)21)22-19(25)12-5-6-13(20)16(9-12)23-7-3-4-18(23)24/h5-6,8-10H,3-4,7H2,1-2H3,(H,22,25). The molecule has 2 amide bonds. The van der Waals surface area contributed by atoms with Crippen molar-refractivity contribution in [3.63, 3.8) is 0 Å². The van der Waals surface area contributed by atoms with E-state index in [0.717, 1.165) is 12.0 Å². The predicted octanol–water partition coefficient (Wildman–Crippen LogP) is 4.69. The second kappa shape index (κ2) is 7.56. The molecule has 0 saturated carbocycles. The van der Waals surface area contributed by atoms with Crippen molar-refractivity contribution in [2.45, 2.75) is 19.8 Å². The van der Waals surface area contributed by atoms with Gasteiger partial charge < -0.3 is 15.0 Å². The molecule has 0 aliphatic carbocycles. The molecular formula is C19H18Cl2N2O3. The molecule has 0 spiro atoms. The Morgan fingerprint density at radius 2 is 1.96 bits per heavy atom. The van der Waals surface area contributed by atoms with Crippen LogP contribution >= 0.6 is 23.2 Å². The van der Waals surface area contributed by atoms with Crippen molar-refractivity contribution in [2.75, 3.05) is 23.9 Å². The second-order valence-corrected chi connectivity index (χ2v) is 6.89. The third kappa shape index (κ3) is 3.64. The highest BCUT2D eigenvalue weighted by atomic mass is 35.5. The minimum atomic E-state index is -0.324. The van der Waals surface area contributed by atoms with Crippen molar-refractivity contribution in [1.29, 1.82) is 0 Å². The monoisotopic (exact) mass is 392 g/mol. The number of ether oxygens (including phenoxy) is 1. The molecule has 0 unspecified atom stereocenters. The molecular weight excluding hydrogens is 375 g/mol. The van der Waals surface area contributed by atoms with Gasteiger partial charge in [-0.05, 0) is 43.2 Å². The van der Waals surface area contributed by atoms with E-state index in [1.165, 1.54) is 7.11 Å². The van der Waals surface area contributed by atoms with Crippen molar-refractivity contribution >= 4 is 46.4 Å². The van der Waals surface area contributed by atoms with E-state index in [-0.39, 0.29) is 11.8 Å². The number of aryl methyl sites for hydroxylation is 1. The first-order chi connectivity index (χ1) is 12.4. The van der Waals surface area contributed by atoms with Crippen molar-refractivity contribution in [3.05, 3.63) is 51.5 Å². The molecule has 1 saturated heterocycles. The van der Waals surface area contributed by atoms with Crippen molar-refractivity contribution in [1.82, 2.24) is 0 Å². The number of hydrogen-bond acceptors (Lipinski definition) is 3. The van der Waals surface area contributed by atoms with Gasteiger partial charge in [-0.25, -0.2) is 0 Å². The van der Waals surface area contributed by atoms with Crippen LogP contribution in [0.5, 0.6) is 5.75 Å². The molecule has 1 fully saturated rings. The van der Waals surface area contributed by atoms with E-state index in [1.807, 2.05) is 6.92 Å². The zero-order valence-corrected chi connectivity index (χ0v) is 15.9. The normalized spacial score (nSPS) is 13.8. The van der Waals surface area contributed by atoms with Gasteiger partial charge in [0.15, 0.2) is 0 Å². The summed E-state index contributed by atoms with van der Waals surface area (Å²) in [5.41, 5.74) is 2.30. The van der Waals surface area contributed by atoms with Crippen LogP contribution in [-0.4, -0.2) is 25.5 Å². The molecule has 1 N–H and O–H groups in total. The molecule has 2 aromatic rings. The van der Waals surface area contributed by atoms with E-state index >= 15 is 0 Å². The van der Waals surface area contributed by atoms with Crippen molar-refractivity contribution in [3.8, 4) is 5.75 Å². The predicted molar refractivity (Wildman–Crippen MR) is 104 cm³/mol. The van der Waals surface area contributed by atoms with Crippen LogP contribution in [0.4, 0.5) is 11.4 Å². The number of methoxy groups -OCH3 is 1. The van der Waals surface area contributed by atoms with Crippen LogP contribution in [0.15, 0.2) is 30.3 Å². The number of nitrogens with one attached hydrogen (secondary N) is 1. The van der Waals surface area contributed by atoms with Gasteiger partial charge in [-0.1, -0.05) is 23.2 Å². The lowest BCUT2D eigenvalue weighted by Crippen LogP contribution is -2.24. The van der Waals surface area contributed by atoms with E-state index in [2.05, 4.69) is 5.32 Å². The Kier molecular flexibility index (Phi) is 5.39. The number of carbonyl (C=O) groups excluding carboxylic acids is 2. The Labute approximate surface area is 161 Å². The number of hydrogen-bond donors (Lipinski definition) is 1. The molecule has 2 aromatic carbocycles. The molecule has 1 aliphatic rings. The SMILES string of the molecule is COc1cc(Cl)c(C)cc1NC(=O)c1ccc(Cl)c(N2CCCC2=O)c1. The van der Waals surface area contributed by atoms with Gasteiger partial charge in [-0.15, -0.1) is 0 Å². The number of benzene rings is 2. The van der Waals surface area contributed by atoms with Crippen LogP contribution in [-0.2, 0) is 4.79 Å². The molecule has 0 atom stereocenters. The summed E-state index contributed by atoms with van der Waals surface area (Å²) in [6, 6.07) is 8.29. The maximum Gasteiger partial charge on any atom is 0.255 e. The summed E-state index contributed by atoms with van der Waals surface area (Å²) in [4.78, 5) is 26.3. The number of rotatable bonds is 4. The summed E-state index contributed by atoms with van der Waals surface area (Å²) in [7, 11) is 1.51. The third-order valence-corrected chi connectivity index (χ3v) is 5.03. The Morgan fingerprint density at radius 1 is 1.19 bits per heavy atom. The largest absolute Gasteiger partial charge is 0.495 e. The average Bonchev–Trinajstić information content (AvgIpc) is 3.04. The summed E-state index contributed by atoms with van der Waals surface area (Å²) in [6.45, 7) is 2.45. The van der Waals surface area contributed by atoms with Crippen LogP contribution in [0.25, 0.3) is 0 Å². The number of halogens is 2. The van der Waals surface area contributed by atoms with Crippen molar-refractivity contribution in [2.24, 2.45) is 0 Å². The summed E-state index contributed by atoms with van der Waals surface area (Å²) in [5, 5.41) is 3.82. The lowest BCUT2D eigenvalue weighted by molar-refractivity contribution is -0.117. The minimum absolute atomic E-state index is 0.0134. The van der Waals surface area contributed by atoms with E-state index < -0.39 is 0 Å². The van der Waals surface area contributed by atoms with E-state index in [9.17, 15) is 9.59 Å². The number of amides is 2. The van der Waals surface area contributed by atoms with Gasteiger partial charge in [0, 0.05) is 29.6 Å². The highest BCUT2D eigenvalue weighted by Gasteiger charge is 2.24. The lowest BCUT2D eigenvalue weighted by Gasteiger charge is -2.18. The quantitative estimate of drug-likeness (QED) is 0.820. The number of anilines is 2. The molecule has 1 aliphatic heterocycles. The minimum Gasteiger partial charge on any atom is -0.495 e. The maximum absolute atomic E-state index is 12.7. The highest BCUT2D eigenvalue weighted by molar-refractivity contribution is 6.34. The van der Waals surface area contributed by atoms with Gasteiger partial charge in [-0.3, -0.25) is 9.59 Å². The van der Waals surface area contributed by atoms with E-state index in [1.54, 1.807) is 35.2 Å². The summed E-state index contributed by atoms with van der Waals surface area (Å²) in [6.07, 6.45) is 1.28. The molecule has 136 valence electrons. The number of nitrogens with zero attached hydrogens (tertiary/aromatic N) is 1. The molecule has 1 heterocycles. The van der Waals surface area contributed by atoms with Gasteiger partial charge in [0.2, 0.25) is 5.91 Å². The smallest absolute Gasteiger partial charge is 0.255 e. The van der Waals surface area contributed by atoms with Gasteiger partial charge >= 0.3 is 0 Å². The molecule has 26 heavy (non-hydrogen) atoms. The first-order valence-electron chi connectivity index (χ1n) is 8.16. The molecule has 0 radical (unpaired) electrons. The molecule has 5 nitrogen and oxygen atoms in total. The fraction of sp³-hybridized carbons (Fsp3) is 0.263. The van der Waals surface area contributed by atoms with E-state index in [4.69, 9.17) is 27.9 Å². The Morgan fingerprint density at radius 3 is 2.62 bits per heavy atom. The van der Waals surface area contributed by atoms with Gasteiger partial charge in [-0.2, -0.15) is 0 Å². The maximum atomic E-state index is 12.7. The summed E-state index contributed by atoms with van der Waals surface area (Å²) < 4.78 is 5.28. The second-order valence-electron chi connectivity index (χ2n) is 6.07. The van der Waals surface area contributed by atoms with Crippen LogP contribution in [0.1, 0.15) is 28.8 Å². The molecule has 0 aromatic heterocycles. The lowest BCUT2D eigenvalue weighted by atomic mass is 10.1. The van der Waals surface area contributed by atoms with Crippen LogP contribution < -0.4 is 15.0 Å².